The molecule has 0 aromatic heterocycles. The number of hydrogen-bond acceptors (Lipinski definition) is 0. The molecule has 26 heavy (non-hydrogen) atoms. The van der Waals surface area contributed by atoms with Crippen LogP contribution in [-0.2, 0) is 38.1 Å². The van der Waals surface area contributed by atoms with Crippen molar-refractivity contribution in [3.05, 3.63) is 57.6 Å². The number of aryl methyl sites for hydroxylation is 2. The average Bonchev–Trinajstić information content (AvgIpc) is 2.86. The molecule has 140 valence electrons. The predicted octanol–water partition coefficient (Wildman–Crippen LogP) is 7.85. The molecule has 0 amide bonds. The van der Waals surface area contributed by atoms with Gasteiger partial charge in [-0.15, -0.1) is 0 Å². The maximum atomic E-state index is 4.93. The third-order valence-corrected chi connectivity index (χ3v) is 5.32. The second-order valence-corrected chi connectivity index (χ2v) is 13.1. The van der Waals surface area contributed by atoms with Gasteiger partial charge in [0.25, 0.3) is 0 Å². The first-order chi connectivity index (χ1) is 11.9. The van der Waals surface area contributed by atoms with Crippen molar-refractivity contribution >= 4 is 17.0 Å². The van der Waals surface area contributed by atoms with Crippen LogP contribution in [0.1, 0.15) is 74.9 Å². The van der Waals surface area contributed by atoms with Gasteiger partial charge in [0.05, 0.1) is 0 Å². The fourth-order valence-corrected chi connectivity index (χ4v) is 3.63. The molecule has 3 heteroatoms. The summed E-state index contributed by atoms with van der Waals surface area (Å²) in [6, 6.07) is 9.68. The summed E-state index contributed by atoms with van der Waals surface area (Å²) >= 11 is -0.826. The van der Waals surface area contributed by atoms with Crippen molar-refractivity contribution in [1.29, 1.82) is 0 Å². The van der Waals surface area contributed by atoms with E-state index in [0.29, 0.717) is 0 Å². The fraction of sp³-hybridized carbons (Fsp3) is 0.478. The summed E-state index contributed by atoms with van der Waals surface area (Å²) in [5, 5.41) is 0. The van der Waals surface area contributed by atoms with E-state index in [4.69, 9.17) is 17.0 Å². The van der Waals surface area contributed by atoms with Crippen LogP contribution in [0, 0.1) is 13.8 Å². The van der Waals surface area contributed by atoms with Crippen LogP contribution in [0.25, 0.3) is 11.1 Å². The van der Waals surface area contributed by atoms with Gasteiger partial charge >= 0.3 is 37.9 Å². The summed E-state index contributed by atoms with van der Waals surface area (Å²) in [6.45, 7) is 18.4. The van der Waals surface area contributed by atoms with Crippen LogP contribution >= 0.6 is 17.0 Å². The number of halogens is 2. The zero-order valence-corrected chi connectivity index (χ0v) is 21.2. The van der Waals surface area contributed by atoms with Crippen LogP contribution in [0.4, 0.5) is 0 Å². The molecule has 0 spiro atoms. The van der Waals surface area contributed by atoms with Gasteiger partial charge in [-0.2, -0.15) is 0 Å². The van der Waals surface area contributed by atoms with Crippen molar-refractivity contribution < 1.29 is 20.8 Å². The molecule has 0 heterocycles. The van der Waals surface area contributed by atoms with Crippen molar-refractivity contribution in [2.24, 2.45) is 0 Å². The van der Waals surface area contributed by atoms with Crippen molar-refractivity contribution in [2.75, 3.05) is 0 Å². The van der Waals surface area contributed by atoms with Gasteiger partial charge in [-0.05, 0) is 75.6 Å². The van der Waals surface area contributed by atoms with Crippen molar-refractivity contribution in [3.8, 4) is 11.1 Å². The Balaban J connectivity index is 0.000000758. The second-order valence-electron chi connectivity index (χ2n) is 9.39. The number of rotatable bonds is 0. The Morgan fingerprint density at radius 3 is 1.27 bits per heavy atom. The summed E-state index contributed by atoms with van der Waals surface area (Å²) < 4.78 is 0. The molecule has 1 aliphatic carbocycles. The first-order valence-corrected chi connectivity index (χ1v) is 15.5. The van der Waals surface area contributed by atoms with Crippen LogP contribution in [0.2, 0.25) is 0 Å². The van der Waals surface area contributed by atoms with Crippen LogP contribution in [0.15, 0.2) is 24.3 Å². The summed E-state index contributed by atoms with van der Waals surface area (Å²) in [5.74, 6) is 0. The zero-order valence-electron chi connectivity index (χ0n) is 17.3. The van der Waals surface area contributed by atoms with Crippen LogP contribution < -0.4 is 0 Å². The van der Waals surface area contributed by atoms with E-state index in [1.807, 2.05) is 0 Å². The van der Waals surface area contributed by atoms with Gasteiger partial charge in [0.15, 0.2) is 0 Å². The van der Waals surface area contributed by atoms with Gasteiger partial charge in [-0.25, -0.2) is 0 Å². The Morgan fingerprint density at radius 1 is 0.692 bits per heavy atom. The molecule has 2 aromatic carbocycles. The molecule has 0 atom stereocenters. The standard InChI is InChI=1S/C23H30.2ClH.Zr/c1-14-9-16(22(3,4)5)11-20-18(14)13-19-15(2)10-17(12-21(19)20)23(6,7)8;;;/h9-12H,13H2,1-8H3;2*1H;/q;;;+2/p-2. The summed E-state index contributed by atoms with van der Waals surface area (Å²) in [7, 11) is 9.87. The second kappa shape index (κ2) is 8.10. The summed E-state index contributed by atoms with van der Waals surface area (Å²) in [5.41, 5.74) is 12.2. The van der Waals surface area contributed by atoms with Crippen molar-refractivity contribution in [3.63, 3.8) is 0 Å². The molecule has 3 rings (SSSR count). The topological polar surface area (TPSA) is 0 Å². The minimum absolute atomic E-state index is 0.194. The van der Waals surface area contributed by atoms with Gasteiger partial charge in [0.1, 0.15) is 0 Å². The van der Waals surface area contributed by atoms with Crippen LogP contribution in [0.3, 0.4) is 0 Å². The van der Waals surface area contributed by atoms with E-state index in [0.717, 1.165) is 6.42 Å². The van der Waals surface area contributed by atoms with Gasteiger partial charge in [0, 0.05) is 0 Å². The normalized spacial score (nSPS) is 12.8. The molecule has 0 saturated carbocycles. The molecule has 0 fully saturated rings. The molecule has 0 bridgehead atoms. The van der Waals surface area contributed by atoms with E-state index >= 15 is 0 Å². The third kappa shape index (κ3) is 4.65. The minimum atomic E-state index is -0.826. The molecule has 0 saturated heterocycles. The first kappa shape index (κ1) is 22.2. The fourth-order valence-electron chi connectivity index (χ4n) is 3.63. The molecular formula is C23H30Cl2Zr. The molecule has 2 aromatic rings. The maximum absolute atomic E-state index is 4.93. The molecule has 1 aliphatic rings. The quantitative estimate of drug-likeness (QED) is 0.315. The Bertz CT molecular complexity index is 741. The summed E-state index contributed by atoms with van der Waals surface area (Å²) in [4.78, 5) is 0. The first-order valence-electron chi connectivity index (χ1n) is 9.14. The Morgan fingerprint density at radius 2 is 1.00 bits per heavy atom. The molecule has 0 N–H and O–H groups in total. The Hall–Kier alpha value is -0.0969. The van der Waals surface area contributed by atoms with E-state index in [-0.39, 0.29) is 10.8 Å². The Labute approximate surface area is 178 Å². The van der Waals surface area contributed by atoms with Gasteiger partial charge in [0.2, 0.25) is 0 Å². The monoisotopic (exact) mass is 466 g/mol. The molecule has 0 radical (unpaired) electrons. The Kier molecular flexibility index (Phi) is 6.92. The predicted molar refractivity (Wildman–Crippen MR) is 113 cm³/mol. The van der Waals surface area contributed by atoms with E-state index in [1.165, 1.54) is 44.5 Å². The van der Waals surface area contributed by atoms with E-state index < -0.39 is 20.8 Å². The van der Waals surface area contributed by atoms with Crippen LogP contribution in [0.5, 0.6) is 0 Å². The number of benzene rings is 2. The average molecular weight is 469 g/mol. The van der Waals surface area contributed by atoms with Gasteiger partial charge in [-0.3, -0.25) is 0 Å². The van der Waals surface area contributed by atoms with Gasteiger partial charge < -0.3 is 0 Å². The summed E-state index contributed by atoms with van der Waals surface area (Å²) in [6.07, 6.45) is 1.09. The van der Waals surface area contributed by atoms with Crippen LogP contribution in [-0.4, -0.2) is 0 Å². The molecule has 0 unspecified atom stereocenters. The number of hydrogen-bond donors (Lipinski definition) is 0. The van der Waals surface area contributed by atoms with Crippen molar-refractivity contribution in [2.45, 2.75) is 72.6 Å². The SMILES string of the molecule is Cc1cc(C(C)(C)C)cc2c1Cc1c(C)cc(C(C)(C)C)cc1-2.[Cl][Zr][Cl]. The van der Waals surface area contributed by atoms with E-state index in [9.17, 15) is 0 Å². The molecular weight excluding hydrogens is 438 g/mol. The van der Waals surface area contributed by atoms with E-state index in [2.05, 4.69) is 79.7 Å². The van der Waals surface area contributed by atoms with E-state index in [1.54, 1.807) is 0 Å². The molecule has 0 nitrogen and oxygen atoms in total. The molecule has 0 aliphatic heterocycles. The third-order valence-electron chi connectivity index (χ3n) is 5.32. The number of fused-ring (bicyclic) bond motifs is 3. The van der Waals surface area contributed by atoms with Gasteiger partial charge in [-0.1, -0.05) is 65.8 Å². The zero-order chi connectivity index (χ0) is 19.9. The van der Waals surface area contributed by atoms with Crippen molar-refractivity contribution in [1.82, 2.24) is 0 Å².